The molecule has 0 amide bonds. The Labute approximate surface area is 109 Å². The van der Waals surface area contributed by atoms with Crippen molar-refractivity contribution in [3.05, 3.63) is 47.5 Å². The van der Waals surface area contributed by atoms with Gasteiger partial charge in [-0.2, -0.15) is 0 Å². The fraction of sp³-hybridized carbons (Fsp3) is 0.400. The Kier molecular flexibility index (Phi) is 4.68. The molecule has 98 valence electrons. The summed E-state index contributed by atoms with van der Waals surface area (Å²) in [6.07, 6.45) is 0.663. The van der Waals surface area contributed by atoms with Crippen LogP contribution in [0.4, 0.5) is 0 Å². The second kappa shape index (κ2) is 5.83. The molecule has 18 heavy (non-hydrogen) atoms. The van der Waals surface area contributed by atoms with Crippen molar-refractivity contribution < 1.29 is 9.53 Å². The van der Waals surface area contributed by atoms with Crippen LogP contribution in [0.2, 0.25) is 0 Å². The smallest absolute Gasteiger partial charge is 0.333 e. The van der Waals surface area contributed by atoms with Gasteiger partial charge in [-0.15, -0.1) is 0 Å². The van der Waals surface area contributed by atoms with Crippen LogP contribution in [0.1, 0.15) is 31.9 Å². The van der Waals surface area contributed by atoms with E-state index in [-0.39, 0.29) is 5.97 Å². The van der Waals surface area contributed by atoms with Crippen molar-refractivity contribution in [1.29, 1.82) is 0 Å². The maximum atomic E-state index is 11.3. The van der Waals surface area contributed by atoms with Crippen molar-refractivity contribution in [2.24, 2.45) is 5.73 Å². The minimum absolute atomic E-state index is 0.346. The molecule has 0 heterocycles. The number of rotatable bonds is 5. The molecular weight excluding hydrogens is 226 g/mol. The molecule has 0 aliphatic rings. The molecule has 0 aliphatic carbocycles. The Morgan fingerprint density at radius 1 is 1.39 bits per heavy atom. The number of benzene rings is 1. The highest BCUT2D eigenvalue weighted by atomic mass is 16.5. The van der Waals surface area contributed by atoms with Crippen molar-refractivity contribution in [3.63, 3.8) is 0 Å². The Bertz CT molecular complexity index is 444. The van der Waals surface area contributed by atoms with E-state index in [1.165, 1.54) is 0 Å². The van der Waals surface area contributed by atoms with Crippen molar-refractivity contribution >= 4 is 5.97 Å². The number of hydrogen-bond acceptors (Lipinski definition) is 3. The Hall–Kier alpha value is -1.61. The second-order valence-electron chi connectivity index (χ2n) is 5.05. The third-order valence-electron chi connectivity index (χ3n) is 2.66. The van der Waals surface area contributed by atoms with Crippen LogP contribution in [0.15, 0.2) is 36.4 Å². The molecule has 0 fully saturated rings. The van der Waals surface area contributed by atoms with E-state index in [9.17, 15) is 4.79 Å². The van der Waals surface area contributed by atoms with Crippen LogP contribution in [0.5, 0.6) is 0 Å². The third-order valence-corrected chi connectivity index (χ3v) is 2.66. The van der Waals surface area contributed by atoms with Gasteiger partial charge in [0.05, 0.1) is 6.61 Å². The highest BCUT2D eigenvalue weighted by Crippen LogP contribution is 2.21. The standard InChI is InChI=1S/C15H21NO2/c1-11(2)14(17)18-10-9-12-7-5-6-8-13(12)15(3,4)16/h5-8H,1,9-10,16H2,2-4H3. The van der Waals surface area contributed by atoms with E-state index < -0.39 is 5.54 Å². The zero-order chi connectivity index (χ0) is 13.8. The molecule has 3 heteroatoms. The first kappa shape index (κ1) is 14.5. The summed E-state index contributed by atoms with van der Waals surface area (Å²) in [5.41, 5.74) is 8.33. The van der Waals surface area contributed by atoms with Gasteiger partial charge in [0.1, 0.15) is 0 Å². The van der Waals surface area contributed by atoms with E-state index in [2.05, 4.69) is 6.58 Å². The Morgan fingerprint density at radius 3 is 2.56 bits per heavy atom. The molecule has 1 aromatic rings. The molecule has 0 bridgehead atoms. The van der Waals surface area contributed by atoms with Crippen LogP contribution in [0.25, 0.3) is 0 Å². The van der Waals surface area contributed by atoms with Crippen LogP contribution >= 0.6 is 0 Å². The molecule has 2 N–H and O–H groups in total. The van der Waals surface area contributed by atoms with E-state index in [1.807, 2.05) is 38.1 Å². The number of hydrogen-bond donors (Lipinski definition) is 1. The van der Waals surface area contributed by atoms with Gasteiger partial charge in [-0.3, -0.25) is 0 Å². The monoisotopic (exact) mass is 247 g/mol. The average molecular weight is 247 g/mol. The number of ether oxygens (including phenoxy) is 1. The fourth-order valence-corrected chi connectivity index (χ4v) is 1.74. The lowest BCUT2D eigenvalue weighted by Crippen LogP contribution is -2.30. The third kappa shape index (κ3) is 4.00. The van der Waals surface area contributed by atoms with E-state index in [0.717, 1.165) is 11.1 Å². The lowest BCUT2D eigenvalue weighted by molar-refractivity contribution is -0.138. The number of esters is 1. The van der Waals surface area contributed by atoms with E-state index >= 15 is 0 Å². The van der Waals surface area contributed by atoms with Gasteiger partial charge in [0.25, 0.3) is 0 Å². The summed E-state index contributed by atoms with van der Waals surface area (Å²) >= 11 is 0. The van der Waals surface area contributed by atoms with Gasteiger partial charge in [0, 0.05) is 17.5 Å². The van der Waals surface area contributed by atoms with Crippen LogP contribution in [0, 0.1) is 0 Å². The van der Waals surface area contributed by atoms with Gasteiger partial charge in [0.2, 0.25) is 0 Å². The molecule has 1 aromatic carbocycles. The first-order valence-electron chi connectivity index (χ1n) is 6.02. The molecule has 3 nitrogen and oxygen atoms in total. The van der Waals surface area contributed by atoms with Gasteiger partial charge in [-0.05, 0) is 31.9 Å². The van der Waals surface area contributed by atoms with Crippen molar-refractivity contribution in [2.45, 2.75) is 32.7 Å². The lowest BCUT2D eigenvalue weighted by atomic mass is 9.90. The van der Waals surface area contributed by atoms with Gasteiger partial charge in [0.15, 0.2) is 0 Å². The molecule has 1 rings (SSSR count). The Balaban J connectivity index is 2.68. The average Bonchev–Trinajstić information content (AvgIpc) is 2.28. The van der Waals surface area contributed by atoms with Gasteiger partial charge >= 0.3 is 5.97 Å². The summed E-state index contributed by atoms with van der Waals surface area (Å²) in [5, 5.41) is 0. The Morgan fingerprint density at radius 2 is 2.00 bits per heavy atom. The fourth-order valence-electron chi connectivity index (χ4n) is 1.74. The van der Waals surface area contributed by atoms with Gasteiger partial charge in [-0.25, -0.2) is 4.79 Å². The molecular formula is C15H21NO2. The van der Waals surface area contributed by atoms with Crippen molar-refractivity contribution in [3.8, 4) is 0 Å². The van der Waals surface area contributed by atoms with E-state index in [1.54, 1.807) is 6.92 Å². The first-order valence-corrected chi connectivity index (χ1v) is 6.02. The molecule has 0 unspecified atom stereocenters. The molecule has 0 aromatic heterocycles. The summed E-state index contributed by atoms with van der Waals surface area (Å²) in [5.74, 6) is -0.348. The van der Waals surface area contributed by atoms with Crippen LogP contribution in [-0.2, 0) is 21.5 Å². The predicted octanol–water partition coefficient (Wildman–Crippen LogP) is 2.54. The van der Waals surface area contributed by atoms with E-state index in [4.69, 9.17) is 10.5 Å². The van der Waals surface area contributed by atoms with Crippen LogP contribution < -0.4 is 5.73 Å². The first-order chi connectivity index (χ1) is 8.32. The summed E-state index contributed by atoms with van der Waals surface area (Å²) in [6.45, 7) is 9.46. The summed E-state index contributed by atoms with van der Waals surface area (Å²) < 4.78 is 5.10. The summed E-state index contributed by atoms with van der Waals surface area (Å²) in [4.78, 5) is 11.3. The predicted molar refractivity (Wildman–Crippen MR) is 73.1 cm³/mol. The van der Waals surface area contributed by atoms with Crippen molar-refractivity contribution in [1.82, 2.24) is 0 Å². The summed E-state index contributed by atoms with van der Waals surface area (Å²) in [6, 6.07) is 7.95. The second-order valence-corrected chi connectivity index (χ2v) is 5.05. The van der Waals surface area contributed by atoms with Gasteiger partial charge in [-0.1, -0.05) is 30.8 Å². The largest absolute Gasteiger partial charge is 0.462 e. The number of nitrogens with two attached hydrogens (primary N) is 1. The molecule has 0 radical (unpaired) electrons. The number of carbonyl (C=O) groups is 1. The van der Waals surface area contributed by atoms with E-state index in [0.29, 0.717) is 18.6 Å². The molecule has 0 spiro atoms. The van der Waals surface area contributed by atoms with Gasteiger partial charge < -0.3 is 10.5 Å². The summed E-state index contributed by atoms with van der Waals surface area (Å²) in [7, 11) is 0. The number of carbonyl (C=O) groups excluding carboxylic acids is 1. The highest BCUT2D eigenvalue weighted by molar-refractivity contribution is 5.86. The molecule has 0 aliphatic heterocycles. The molecule has 0 atom stereocenters. The normalized spacial score (nSPS) is 11.1. The molecule has 0 saturated carbocycles. The molecule has 0 saturated heterocycles. The van der Waals surface area contributed by atoms with Crippen LogP contribution in [0.3, 0.4) is 0 Å². The van der Waals surface area contributed by atoms with Crippen molar-refractivity contribution in [2.75, 3.05) is 6.61 Å². The minimum atomic E-state index is -0.394. The van der Waals surface area contributed by atoms with Crippen LogP contribution in [-0.4, -0.2) is 12.6 Å². The minimum Gasteiger partial charge on any atom is -0.462 e. The maximum absolute atomic E-state index is 11.3. The zero-order valence-corrected chi connectivity index (χ0v) is 11.3. The quantitative estimate of drug-likeness (QED) is 0.642. The highest BCUT2D eigenvalue weighted by Gasteiger charge is 2.17. The zero-order valence-electron chi connectivity index (χ0n) is 11.3. The SMILES string of the molecule is C=C(C)C(=O)OCCc1ccccc1C(C)(C)N. The maximum Gasteiger partial charge on any atom is 0.333 e. The topological polar surface area (TPSA) is 52.3 Å². The lowest BCUT2D eigenvalue weighted by Gasteiger charge is -2.22.